The quantitative estimate of drug-likeness (QED) is 0.141. The SMILES string of the molecule is CCCCCCCC(=O)N1CCN(C(=O)c2ccc(C(=O)N3C[C@@H](C(=O)N[C@H]4C[C@@H]4c4ccccc4)[C@H](C(=O)N[C@H]4C[C@@H]4c4ccccc4)C3)cc2)CC1C(=O)NCCCC. The monoisotopic (exact) mass is 830 g/mol. The van der Waals surface area contributed by atoms with Gasteiger partial charge in [-0.2, -0.15) is 0 Å². The molecule has 2 saturated carbocycles. The minimum atomic E-state index is -0.780. The predicted molar refractivity (Wildman–Crippen MR) is 233 cm³/mol. The van der Waals surface area contributed by atoms with Gasteiger partial charge in [0.25, 0.3) is 11.8 Å². The van der Waals surface area contributed by atoms with E-state index in [-0.39, 0.29) is 85.5 Å². The number of hydrogen-bond donors (Lipinski definition) is 3. The van der Waals surface area contributed by atoms with Crippen LogP contribution in [0.15, 0.2) is 84.9 Å². The number of unbranched alkanes of at least 4 members (excludes halogenated alkanes) is 5. The summed E-state index contributed by atoms with van der Waals surface area (Å²) in [7, 11) is 0. The molecule has 2 heterocycles. The largest absolute Gasteiger partial charge is 0.354 e. The van der Waals surface area contributed by atoms with Gasteiger partial charge in [0, 0.05) is 74.2 Å². The maximum Gasteiger partial charge on any atom is 0.253 e. The Hall–Kier alpha value is -5.52. The van der Waals surface area contributed by atoms with Crippen molar-refractivity contribution in [3.63, 3.8) is 0 Å². The van der Waals surface area contributed by atoms with Crippen LogP contribution >= 0.6 is 0 Å². The fourth-order valence-corrected chi connectivity index (χ4v) is 9.07. The van der Waals surface area contributed by atoms with E-state index in [2.05, 4.69) is 47.1 Å². The first kappa shape index (κ1) is 43.6. The number of nitrogens with zero attached hydrogens (tertiary/aromatic N) is 3. The second-order valence-corrected chi connectivity index (χ2v) is 17.4. The number of benzene rings is 3. The highest BCUT2D eigenvalue weighted by molar-refractivity contribution is 6.00. The van der Waals surface area contributed by atoms with Gasteiger partial charge in [0.1, 0.15) is 6.04 Å². The van der Waals surface area contributed by atoms with Crippen molar-refractivity contribution < 1.29 is 28.8 Å². The van der Waals surface area contributed by atoms with E-state index in [0.29, 0.717) is 30.6 Å². The lowest BCUT2D eigenvalue weighted by Gasteiger charge is -2.40. The number of hydrogen-bond acceptors (Lipinski definition) is 6. The lowest BCUT2D eigenvalue weighted by atomic mass is 9.94. The van der Waals surface area contributed by atoms with E-state index in [1.807, 2.05) is 43.3 Å². The van der Waals surface area contributed by atoms with Crippen LogP contribution < -0.4 is 16.0 Å². The molecule has 12 nitrogen and oxygen atoms in total. The van der Waals surface area contributed by atoms with Crippen molar-refractivity contribution in [3.05, 3.63) is 107 Å². The summed E-state index contributed by atoms with van der Waals surface area (Å²) in [6.07, 6.45) is 8.86. The van der Waals surface area contributed by atoms with Gasteiger partial charge in [-0.1, -0.05) is 107 Å². The molecule has 61 heavy (non-hydrogen) atoms. The number of carbonyl (C=O) groups is 6. The second kappa shape index (κ2) is 20.4. The maximum atomic E-state index is 14.0. The summed E-state index contributed by atoms with van der Waals surface area (Å²) >= 11 is 0. The van der Waals surface area contributed by atoms with Crippen LogP contribution in [-0.2, 0) is 19.2 Å². The Morgan fingerprint density at radius 2 is 1.07 bits per heavy atom. The molecule has 3 aromatic carbocycles. The average molecular weight is 831 g/mol. The standard InChI is InChI=1S/C49H62N6O6/c1-3-5-7-8-15-20-44(56)55-27-26-53(32-43(55)47(59)50-25-6-4-2)48(60)35-21-23-36(24-22-35)49(61)54-30-39(45(57)51-41-28-37(41)33-16-11-9-12-17-33)40(31-54)46(58)52-42-29-38(42)34-18-13-10-14-19-34/h9-14,16-19,21-24,37-43H,3-8,15,20,25-32H2,1-2H3,(H,50,59)(H,51,57)(H,52,58)/t37-,38-,39-,40-,41+,42+,43?/m1/s1. The number of rotatable bonds is 18. The zero-order valence-electron chi connectivity index (χ0n) is 35.7. The van der Waals surface area contributed by atoms with Crippen LogP contribution in [-0.4, -0.2) is 108 Å². The van der Waals surface area contributed by atoms with Crippen molar-refractivity contribution in [2.75, 3.05) is 39.3 Å². The first-order valence-corrected chi connectivity index (χ1v) is 22.6. The van der Waals surface area contributed by atoms with E-state index < -0.39 is 17.9 Å². The molecule has 6 amide bonds. The summed E-state index contributed by atoms with van der Waals surface area (Å²) < 4.78 is 0. The summed E-state index contributed by atoms with van der Waals surface area (Å²) in [5, 5.41) is 9.34. The summed E-state index contributed by atoms with van der Waals surface area (Å²) in [6, 6.07) is 25.8. The first-order chi connectivity index (χ1) is 29.7. The molecule has 7 atom stereocenters. The van der Waals surface area contributed by atoms with Crippen molar-refractivity contribution in [2.24, 2.45) is 11.8 Å². The molecule has 4 aliphatic rings. The van der Waals surface area contributed by atoms with E-state index in [9.17, 15) is 28.8 Å². The van der Waals surface area contributed by atoms with Gasteiger partial charge in [0.15, 0.2) is 0 Å². The molecule has 2 aliphatic heterocycles. The molecule has 4 fully saturated rings. The van der Waals surface area contributed by atoms with Gasteiger partial charge in [-0.25, -0.2) is 0 Å². The minimum Gasteiger partial charge on any atom is -0.354 e. The lowest BCUT2D eigenvalue weighted by molar-refractivity contribution is -0.143. The Kier molecular flexibility index (Phi) is 14.5. The molecule has 0 bridgehead atoms. The third-order valence-electron chi connectivity index (χ3n) is 13.0. The third-order valence-corrected chi connectivity index (χ3v) is 13.0. The average Bonchev–Trinajstić information content (AvgIpc) is 4.20. The van der Waals surface area contributed by atoms with E-state index in [0.717, 1.165) is 57.8 Å². The van der Waals surface area contributed by atoms with Gasteiger partial charge >= 0.3 is 0 Å². The van der Waals surface area contributed by atoms with Crippen LogP contribution in [0.5, 0.6) is 0 Å². The Balaban J connectivity index is 0.992. The molecule has 3 aromatic rings. The van der Waals surface area contributed by atoms with Crippen molar-refractivity contribution in [1.29, 1.82) is 0 Å². The molecule has 0 spiro atoms. The number of carbonyl (C=O) groups excluding carboxylic acids is 6. The minimum absolute atomic E-state index is 0.0196. The van der Waals surface area contributed by atoms with Crippen LogP contribution in [0, 0.1) is 11.8 Å². The first-order valence-electron chi connectivity index (χ1n) is 22.6. The normalized spacial score (nSPS) is 24.2. The molecule has 7 rings (SSSR count). The number of nitrogens with one attached hydrogen (secondary N) is 3. The molecule has 12 heteroatoms. The maximum absolute atomic E-state index is 14.0. The highest BCUT2D eigenvalue weighted by atomic mass is 16.2. The van der Waals surface area contributed by atoms with Crippen molar-refractivity contribution in [3.8, 4) is 0 Å². The zero-order chi connectivity index (χ0) is 42.9. The van der Waals surface area contributed by atoms with E-state index in [4.69, 9.17) is 0 Å². The molecule has 324 valence electrons. The second-order valence-electron chi connectivity index (χ2n) is 17.4. The fourth-order valence-electron chi connectivity index (χ4n) is 9.07. The molecular formula is C49H62N6O6. The highest BCUT2D eigenvalue weighted by Gasteiger charge is 2.49. The smallest absolute Gasteiger partial charge is 0.253 e. The highest BCUT2D eigenvalue weighted by Crippen LogP contribution is 2.42. The molecule has 0 aromatic heterocycles. The third kappa shape index (κ3) is 10.9. The summed E-state index contributed by atoms with van der Waals surface area (Å²) in [5.41, 5.74) is 3.04. The molecular weight excluding hydrogens is 769 g/mol. The Morgan fingerprint density at radius 1 is 0.557 bits per heavy atom. The summed E-state index contributed by atoms with van der Waals surface area (Å²) in [4.78, 5) is 87.3. The topological polar surface area (TPSA) is 148 Å². The van der Waals surface area contributed by atoms with E-state index in [1.165, 1.54) is 11.1 Å². The van der Waals surface area contributed by atoms with Gasteiger partial charge < -0.3 is 30.7 Å². The van der Waals surface area contributed by atoms with Crippen LogP contribution in [0.2, 0.25) is 0 Å². The number of amides is 6. The number of likely N-dealkylation sites (tertiary alicyclic amines) is 1. The lowest BCUT2D eigenvalue weighted by Crippen LogP contribution is -2.61. The fraction of sp³-hybridized carbons (Fsp3) is 0.510. The zero-order valence-corrected chi connectivity index (χ0v) is 35.7. The van der Waals surface area contributed by atoms with E-state index >= 15 is 0 Å². The van der Waals surface area contributed by atoms with Crippen molar-refractivity contribution in [1.82, 2.24) is 30.7 Å². The molecule has 2 aliphatic carbocycles. The van der Waals surface area contributed by atoms with Gasteiger partial charge in [0.05, 0.1) is 18.4 Å². The summed E-state index contributed by atoms with van der Waals surface area (Å²) in [5.74, 6) is -2.34. The predicted octanol–water partition coefficient (Wildman–Crippen LogP) is 5.65. The van der Waals surface area contributed by atoms with Crippen molar-refractivity contribution >= 4 is 35.4 Å². The van der Waals surface area contributed by atoms with Gasteiger partial charge in [-0.05, 0) is 61.1 Å². The summed E-state index contributed by atoms with van der Waals surface area (Å²) in [6.45, 7) is 5.54. The Bertz CT molecular complexity index is 1930. The van der Waals surface area contributed by atoms with Crippen molar-refractivity contribution in [2.45, 2.75) is 108 Å². The Labute approximate surface area is 360 Å². The van der Waals surface area contributed by atoms with Gasteiger partial charge in [-0.15, -0.1) is 0 Å². The Morgan fingerprint density at radius 3 is 1.59 bits per heavy atom. The van der Waals surface area contributed by atoms with E-state index in [1.54, 1.807) is 39.0 Å². The van der Waals surface area contributed by atoms with Gasteiger partial charge in [0.2, 0.25) is 23.6 Å². The van der Waals surface area contributed by atoms with Crippen LogP contribution in [0.25, 0.3) is 0 Å². The number of piperazine rings is 1. The molecule has 1 unspecified atom stereocenters. The molecule has 2 saturated heterocycles. The molecule has 0 radical (unpaired) electrons. The van der Waals surface area contributed by atoms with Crippen LogP contribution in [0.1, 0.15) is 122 Å². The van der Waals surface area contributed by atoms with Gasteiger partial charge in [-0.3, -0.25) is 28.8 Å². The van der Waals surface area contributed by atoms with Crippen LogP contribution in [0.4, 0.5) is 0 Å². The molecule has 3 N–H and O–H groups in total. The van der Waals surface area contributed by atoms with Crippen LogP contribution in [0.3, 0.4) is 0 Å².